The van der Waals surface area contributed by atoms with E-state index in [1.54, 1.807) is 0 Å². The van der Waals surface area contributed by atoms with Gasteiger partial charge in [0.15, 0.2) is 62.9 Å². The zero-order valence-electron chi connectivity index (χ0n) is 78.1. The number of carbonyl (C=O) groups is 6. The van der Waals surface area contributed by atoms with Crippen LogP contribution in [0.4, 0.5) is 0 Å². The van der Waals surface area contributed by atoms with Crippen LogP contribution in [0.3, 0.4) is 0 Å². The average Bonchev–Trinajstić information content (AvgIpc) is 0.759. The number of amides is 5. The SMILES string of the molecule is CC(=O)N[C@H]1[C@H](O[C@H]2[C@H](O)[C@@H](NC(C)=O)C(O)O[C@@H]2CO[C@@H]2O[C@@H](C)[C@@H](O)[C@@H](O)[C@@H]2O)O[C@H](CO)[C@@H](O[C@@H]2O[C@H](CO[C@H]3O[C@H](CO)[C@@H](O)[C@H](O)[C@@H]3O[C@@H]3O[C@H](CO)[C@@H](O[C@@H]4O[C@H](CO)[C@H](O)[C@H](O)[C@H]4O)[C@H](O)[C@H]3NC(C)=O)[C@@H](O)[C@H](O[C@H]3O[C@H](CO)[C@@H](O)[C@H](O)[C@@H]3O[C@@H]3O[C@H](COS(=O)(=O)O)[C@@H](O[C@@H]4O[C@H](CO[C@]5(C(=O)O)C[C@H](O)[C@@H](NC(C)=O)[C@H]([C@H](O)[C@H](O)CO)O5)[C@H](O)[C@H](O)[C@H]4O)[C@H](O)[C@H]3NC(C)=O)[C@@H]2O)[C@@H]1O. The van der Waals surface area contributed by atoms with Gasteiger partial charge in [-0.15, -0.1) is 0 Å². The molecule has 0 aromatic rings. The fourth-order valence-electron chi connectivity index (χ4n) is 18.4. The summed E-state index contributed by atoms with van der Waals surface area (Å²) >= 11 is 0. The standard InChI is InChI=1S/C79H131N5O61S/c1-18-40(98)51(109)56(114)72(128-18)124-15-33-62(47(105)36(68(118)129-33)81-20(3)92)138-69-37(82-21(4)93)48(106)61(30(13-90)133-69)140-75-59(117)65(46(104)31(135-75)14-125-76-66(54(112)43(101)27(10-87)131-76)143-70-38(83-22(5)94)49(107)60(29(12-89)134-70)139-73-57(115)52(110)42(100)26(9-86)130-73)142-77-67(55(113)44(102)28(11-88)132-77)144-71-39(84-23(6)95)50(108)63(34(137-71)17-127-146(121,122)123)141-74-58(116)53(111)45(103)32(136-74)16-126-79(78(119)120)7-24(96)35(80-19(2)91)64(145-79)41(99)25(97)8-85/h18,24-77,85-90,96-118H,7-17H2,1-6H3,(H,80,91)(H,81,92)(H,82,93)(H,83,94)(H,84,95)(H,119,120)(H,121,122,123)/t18-,24-,25+,26+,27+,28+,29+,30+,31+,32+,33+,34+,35+,36+,37+,38+,39+,40+,41+,42-,43+,44+,45-,46+,47+,48+,49+,50+,51+,52-,53-,54-,55-,56-,57+,58+,59-,60+,61+,62+,63+,64+,65-,66-,67-,68?,69-,70-,71-,72+,73-,74-,75-,76-,77+,79+/m0/s1. The van der Waals surface area contributed by atoms with E-state index in [1.807, 2.05) is 0 Å². The Kier molecular flexibility index (Phi) is 42.9. The molecular formula is C79H131N5O61S. The normalized spacial score (nSPS) is 47.2. The first-order chi connectivity index (χ1) is 68.6. The van der Waals surface area contributed by atoms with E-state index in [0.29, 0.717) is 0 Å². The molecule has 0 spiro atoms. The first kappa shape index (κ1) is 121. The summed E-state index contributed by atoms with van der Waals surface area (Å²) in [6, 6.07) is -10.0. The molecule has 0 radical (unpaired) electrons. The fraction of sp³-hybridized carbons (Fsp3) is 0.924. The zero-order valence-corrected chi connectivity index (χ0v) is 78.9. The maximum Gasteiger partial charge on any atom is 0.397 e. The van der Waals surface area contributed by atoms with Crippen molar-refractivity contribution in [3.05, 3.63) is 0 Å². The second-order valence-electron chi connectivity index (χ2n) is 36.5. The van der Waals surface area contributed by atoms with Crippen molar-refractivity contribution in [2.24, 2.45) is 0 Å². The molecule has 5 amide bonds. The Morgan fingerprint density at radius 1 is 0.329 bits per heavy atom. The van der Waals surface area contributed by atoms with E-state index in [2.05, 4.69) is 30.8 Å². The Balaban J connectivity index is 0.929. The van der Waals surface area contributed by atoms with Crippen molar-refractivity contribution in [1.29, 1.82) is 0 Å². The quantitative estimate of drug-likeness (QED) is 0.0253. The molecule has 11 heterocycles. The molecule has 11 saturated heterocycles. The Bertz CT molecular complexity index is 4300. The maximum absolute atomic E-state index is 13.4. The van der Waals surface area contributed by atoms with Gasteiger partial charge in [-0.2, -0.15) is 8.42 Å². The van der Waals surface area contributed by atoms with Gasteiger partial charge in [-0.3, -0.25) is 28.5 Å². The first-order valence-electron chi connectivity index (χ1n) is 45.8. The lowest BCUT2D eigenvalue weighted by atomic mass is 9.88. The number of ether oxygens (including phenoxy) is 21. The maximum atomic E-state index is 13.4. The summed E-state index contributed by atoms with van der Waals surface area (Å²) < 4.78 is 164. The molecule has 0 bridgehead atoms. The Hall–Kier alpha value is -5.31. The van der Waals surface area contributed by atoms with E-state index in [4.69, 9.17) is 99.5 Å². The van der Waals surface area contributed by atoms with Crippen LogP contribution in [0, 0.1) is 0 Å². The van der Waals surface area contributed by atoms with Crippen molar-refractivity contribution in [2.75, 3.05) is 66.1 Å². The van der Waals surface area contributed by atoms with Gasteiger partial charge in [0.05, 0.1) is 84.3 Å². The van der Waals surface area contributed by atoms with Crippen molar-refractivity contribution < 1.29 is 299 Å². The number of hydrogen-bond donors (Lipinski definition) is 36. The average molecular weight is 2160 g/mol. The number of rotatable bonds is 40. The summed E-state index contributed by atoms with van der Waals surface area (Å²) in [7, 11) is -5.71. The molecule has 11 rings (SSSR count). The number of nitrogens with one attached hydrogen (secondary N) is 5. The Morgan fingerprint density at radius 3 is 1.10 bits per heavy atom. The molecule has 36 N–H and O–H groups in total. The number of hydrogen-bond acceptors (Lipinski definition) is 59. The molecule has 67 heteroatoms. The molecule has 11 aliphatic rings. The van der Waals surface area contributed by atoms with E-state index in [9.17, 15) is 195 Å². The molecule has 0 saturated carbocycles. The van der Waals surface area contributed by atoms with E-state index in [-0.39, 0.29) is 0 Å². The molecular weight excluding hydrogens is 2030 g/mol. The van der Waals surface area contributed by atoms with E-state index in [1.165, 1.54) is 6.92 Å². The minimum Gasteiger partial charge on any atom is -0.477 e. The summed E-state index contributed by atoms with van der Waals surface area (Å²) in [6.07, 6.45) is -113. The predicted octanol–water partition coefficient (Wildman–Crippen LogP) is -24.2. The van der Waals surface area contributed by atoms with Gasteiger partial charge in [-0.25, -0.2) is 8.98 Å². The number of carbonyl (C=O) groups excluding carboxylic acids is 5. The van der Waals surface area contributed by atoms with Gasteiger partial charge in [-0.1, -0.05) is 0 Å². The number of carboxylic acids is 1. The monoisotopic (exact) mass is 2160 g/mol. The molecule has 146 heavy (non-hydrogen) atoms. The van der Waals surface area contributed by atoms with Crippen LogP contribution in [-0.4, -0.2) is 611 Å². The van der Waals surface area contributed by atoms with Crippen LogP contribution < -0.4 is 26.6 Å². The van der Waals surface area contributed by atoms with Gasteiger partial charge >= 0.3 is 16.4 Å². The van der Waals surface area contributed by atoms with Crippen molar-refractivity contribution >= 4 is 45.9 Å². The van der Waals surface area contributed by atoms with Crippen molar-refractivity contribution in [2.45, 2.75) is 391 Å². The minimum absolute atomic E-state index is 0.774. The highest BCUT2D eigenvalue weighted by Gasteiger charge is 2.64. The second-order valence-corrected chi connectivity index (χ2v) is 37.6. The van der Waals surface area contributed by atoms with Crippen LogP contribution >= 0.6 is 0 Å². The number of aliphatic hydroxyl groups is 29. The Labute approximate surface area is 825 Å². The zero-order chi connectivity index (χ0) is 108. The molecule has 0 aromatic heterocycles. The molecule has 0 aliphatic carbocycles. The lowest BCUT2D eigenvalue weighted by Gasteiger charge is -2.51. The smallest absolute Gasteiger partial charge is 0.397 e. The van der Waals surface area contributed by atoms with Gasteiger partial charge < -0.3 is 279 Å². The van der Waals surface area contributed by atoms with E-state index in [0.717, 1.165) is 34.6 Å². The third-order valence-electron chi connectivity index (χ3n) is 26.1. The summed E-state index contributed by atoms with van der Waals surface area (Å²) in [4.78, 5) is 77.7. The molecule has 56 atom stereocenters. The van der Waals surface area contributed by atoms with Gasteiger partial charge in [0.1, 0.15) is 256 Å². The highest BCUT2D eigenvalue weighted by molar-refractivity contribution is 7.80. The van der Waals surface area contributed by atoms with Gasteiger partial charge in [-0.05, 0) is 6.92 Å². The lowest BCUT2D eigenvalue weighted by molar-refractivity contribution is -0.399. The molecule has 66 nitrogen and oxygen atoms in total. The van der Waals surface area contributed by atoms with Crippen molar-refractivity contribution in [3.8, 4) is 0 Å². The summed E-state index contributed by atoms with van der Waals surface area (Å²) in [5, 5.41) is 350. The van der Waals surface area contributed by atoms with Crippen LogP contribution in [-0.2, 0) is 143 Å². The molecule has 0 aromatic carbocycles. The number of carboxylic acid groups (broad SMARTS) is 1. The highest BCUT2D eigenvalue weighted by atomic mass is 32.3. The second kappa shape index (κ2) is 51.8. The minimum atomic E-state index is -5.71. The van der Waals surface area contributed by atoms with Gasteiger partial charge in [0.2, 0.25) is 29.5 Å². The number of aliphatic carboxylic acids is 1. The summed E-state index contributed by atoms with van der Waals surface area (Å²) in [6.45, 7) is -6.81. The predicted molar refractivity (Wildman–Crippen MR) is 447 cm³/mol. The third kappa shape index (κ3) is 27.6. The van der Waals surface area contributed by atoms with Crippen LogP contribution in [0.2, 0.25) is 0 Å². The van der Waals surface area contributed by atoms with Crippen molar-refractivity contribution in [3.63, 3.8) is 0 Å². The molecule has 844 valence electrons. The van der Waals surface area contributed by atoms with E-state index >= 15 is 0 Å². The molecule has 11 aliphatic heterocycles. The van der Waals surface area contributed by atoms with E-state index < -0.39 is 461 Å². The lowest BCUT2D eigenvalue weighted by Crippen LogP contribution is -2.71. The Morgan fingerprint density at radius 2 is 0.658 bits per heavy atom. The van der Waals surface area contributed by atoms with Crippen LogP contribution in [0.5, 0.6) is 0 Å². The van der Waals surface area contributed by atoms with Crippen LogP contribution in [0.25, 0.3) is 0 Å². The largest absolute Gasteiger partial charge is 0.477 e. The summed E-state index contributed by atoms with van der Waals surface area (Å²) in [5.41, 5.74) is 0. The summed E-state index contributed by atoms with van der Waals surface area (Å²) in [5.74, 6) is -10.3. The fourth-order valence-corrected chi connectivity index (χ4v) is 18.7. The number of aliphatic hydroxyl groups excluding tert-OH is 29. The van der Waals surface area contributed by atoms with Crippen LogP contribution in [0.15, 0.2) is 0 Å². The van der Waals surface area contributed by atoms with Crippen LogP contribution in [0.1, 0.15) is 48.0 Å². The van der Waals surface area contributed by atoms with Gasteiger partial charge in [0.25, 0.3) is 5.79 Å². The third-order valence-corrected chi connectivity index (χ3v) is 26.5. The molecule has 1 unspecified atom stereocenters. The van der Waals surface area contributed by atoms with Crippen molar-refractivity contribution in [1.82, 2.24) is 26.6 Å². The highest BCUT2D eigenvalue weighted by Crippen LogP contribution is 2.43. The molecule has 11 fully saturated rings. The topological polar surface area (TPSA) is 1030 Å². The first-order valence-corrected chi connectivity index (χ1v) is 47.1. The van der Waals surface area contributed by atoms with Gasteiger partial charge in [0, 0.05) is 41.0 Å².